The molecule has 3 aromatic heterocycles. The first-order valence-corrected chi connectivity index (χ1v) is 5.88. The van der Waals surface area contributed by atoms with Gasteiger partial charge in [0.1, 0.15) is 11.5 Å². The molecule has 0 bridgehead atoms. The van der Waals surface area contributed by atoms with Crippen LogP contribution in [0.4, 0.5) is 0 Å². The van der Waals surface area contributed by atoms with Gasteiger partial charge in [-0.2, -0.15) is 0 Å². The molecule has 3 rings (SSSR count). The van der Waals surface area contributed by atoms with E-state index in [4.69, 9.17) is 11.6 Å². The van der Waals surface area contributed by atoms with Gasteiger partial charge in [0.25, 0.3) is 0 Å². The van der Waals surface area contributed by atoms with Crippen molar-refractivity contribution < 1.29 is 0 Å². The molecule has 7 heteroatoms. The maximum Gasteiger partial charge on any atom is 0.171 e. The number of hydrogen-bond acceptors (Lipinski definition) is 4. The first-order valence-electron chi connectivity index (χ1n) is 4.71. The van der Waals surface area contributed by atoms with E-state index in [2.05, 4.69) is 36.1 Å². The van der Waals surface area contributed by atoms with Crippen LogP contribution in [0.2, 0.25) is 5.15 Å². The Morgan fingerprint density at radius 3 is 2.88 bits per heavy atom. The average molecular weight is 311 g/mol. The van der Waals surface area contributed by atoms with Crippen LogP contribution in [0, 0.1) is 0 Å². The quantitative estimate of drug-likeness (QED) is 0.648. The monoisotopic (exact) mass is 309 g/mol. The minimum Gasteiger partial charge on any atom is -0.265 e. The van der Waals surface area contributed by atoms with E-state index in [1.807, 2.05) is 6.07 Å². The first-order chi connectivity index (χ1) is 8.24. The van der Waals surface area contributed by atoms with E-state index < -0.39 is 0 Å². The summed E-state index contributed by atoms with van der Waals surface area (Å²) < 4.78 is 2.64. The molecule has 0 amide bonds. The average Bonchev–Trinajstić information content (AvgIpc) is 2.71. The molecule has 0 radical (unpaired) electrons. The van der Waals surface area contributed by atoms with Gasteiger partial charge in [-0.15, -0.1) is 10.2 Å². The zero-order valence-corrected chi connectivity index (χ0v) is 10.7. The molecule has 3 heterocycles. The Balaban J connectivity index is 2.24. The lowest BCUT2D eigenvalue weighted by molar-refractivity contribution is 1.07. The molecule has 3 aromatic rings. The largest absolute Gasteiger partial charge is 0.265 e. The second kappa shape index (κ2) is 4.05. The third-order valence-electron chi connectivity index (χ3n) is 2.23. The minimum absolute atomic E-state index is 0.392. The third-order valence-corrected chi connectivity index (χ3v) is 2.87. The Hall–Kier alpha value is -1.53. The van der Waals surface area contributed by atoms with Crippen LogP contribution in [0.1, 0.15) is 0 Å². The van der Waals surface area contributed by atoms with Crippen molar-refractivity contribution in [2.45, 2.75) is 0 Å². The summed E-state index contributed by atoms with van der Waals surface area (Å²) in [6, 6.07) is 3.57. The number of rotatable bonds is 1. The Kier molecular flexibility index (Phi) is 2.53. The van der Waals surface area contributed by atoms with Gasteiger partial charge >= 0.3 is 0 Å². The molecule has 0 aliphatic rings. The van der Waals surface area contributed by atoms with Gasteiger partial charge < -0.3 is 0 Å². The van der Waals surface area contributed by atoms with Gasteiger partial charge in [0.05, 0.1) is 0 Å². The lowest BCUT2D eigenvalue weighted by Gasteiger charge is -1.99. The molecule has 0 saturated carbocycles. The van der Waals surface area contributed by atoms with E-state index in [0.29, 0.717) is 16.6 Å². The number of aromatic nitrogens is 5. The molecule has 0 aromatic carbocycles. The molecule has 84 valence electrons. The van der Waals surface area contributed by atoms with Gasteiger partial charge in [0.15, 0.2) is 11.5 Å². The molecule has 0 atom stereocenters. The van der Waals surface area contributed by atoms with Crippen LogP contribution in [0.5, 0.6) is 0 Å². The zero-order valence-electron chi connectivity index (χ0n) is 8.38. The van der Waals surface area contributed by atoms with E-state index in [-0.39, 0.29) is 0 Å². The van der Waals surface area contributed by atoms with Crippen LogP contribution < -0.4 is 0 Å². The predicted octanol–water partition coefficient (Wildman–Crippen LogP) is 2.60. The van der Waals surface area contributed by atoms with Crippen LogP contribution >= 0.6 is 27.5 Å². The lowest BCUT2D eigenvalue weighted by Crippen LogP contribution is -1.91. The molecule has 0 saturated heterocycles. The van der Waals surface area contributed by atoms with Gasteiger partial charge in [0.2, 0.25) is 0 Å². The summed E-state index contributed by atoms with van der Waals surface area (Å²) in [7, 11) is 0. The Morgan fingerprint density at radius 2 is 2.06 bits per heavy atom. The van der Waals surface area contributed by atoms with Crippen molar-refractivity contribution in [2.24, 2.45) is 0 Å². The molecule has 0 fully saturated rings. The summed E-state index contributed by atoms with van der Waals surface area (Å²) in [6.45, 7) is 0. The van der Waals surface area contributed by atoms with Gasteiger partial charge in [-0.3, -0.25) is 9.38 Å². The molecule has 0 N–H and O–H groups in total. The predicted molar refractivity (Wildman–Crippen MR) is 66.7 cm³/mol. The highest BCUT2D eigenvalue weighted by Crippen LogP contribution is 2.21. The molecule has 0 aliphatic carbocycles. The maximum atomic E-state index is 5.79. The van der Waals surface area contributed by atoms with Gasteiger partial charge in [-0.25, -0.2) is 4.98 Å². The van der Waals surface area contributed by atoms with Crippen LogP contribution in [0.3, 0.4) is 0 Å². The molecular formula is C10H5BrClN5. The normalized spacial score (nSPS) is 10.9. The number of hydrogen-bond donors (Lipinski definition) is 0. The topological polar surface area (TPSA) is 56.0 Å². The Bertz CT molecular complexity index is 696. The summed E-state index contributed by atoms with van der Waals surface area (Å²) in [5.74, 6) is 0.679. The van der Waals surface area contributed by atoms with Crippen molar-refractivity contribution in [3.8, 4) is 11.4 Å². The smallest absolute Gasteiger partial charge is 0.171 e. The molecule has 0 unspecified atom stereocenters. The summed E-state index contributed by atoms with van der Waals surface area (Å²) in [4.78, 5) is 8.09. The number of pyridine rings is 1. The fourth-order valence-corrected chi connectivity index (χ4v) is 2.01. The van der Waals surface area contributed by atoms with Crippen molar-refractivity contribution in [2.75, 3.05) is 0 Å². The highest BCUT2D eigenvalue weighted by molar-refractivity contribution is 9.10. The van der Waals surface area contributed by atoms with Gasteiger partial charge in [0, 0.05) is 28.5 Å². The lowest BCUT2D eigenvalue weighted by atomic mass is 10.3. The molecule has 5 nitrogen and oxygen atoms in total. The molecule has 0 spiro atoms. The molecular weight excluding hydrogens is 306 g/mol. The highest BCUT2D eigenvalue weighted by atomic mass is 79.9. The fraction of sp³-hybridized carbons (Fsp3) is 0. The van der Waals surface area contributed by atoms with Crippen LogP contribution in [-0.2, 0) is 0 Å². The van der Waals surface area contributed by atoms with E-state index in [1.54, 1.807) is 29.2 Å². The third kappa shape index (κ3) is 1.89. The number of halogens is 2. The van der Waals surface area contributed by atoms with E-state index in [9.17, 15) is 0 Å². The van der Waals surface area contributed by atoms with Crippen LogP contribution in [0.15, 0.2) is 35.3 Å². The zero-order chi connectivity index (χ0) is 11.8. The van der Waals surface area contributed by atoms with E-state index in [1.165, 1.54) is 0 Å². The van der Waals surface area contributed by atoms with Crippen LogP contribution in [-0.4, -0.2) is 24.6 Å². The van der Waals surface area contributed by atoms with Crippen molar-refractivity contribution in [3.63, 3.8) is 0 Å². The highest BCUT2D eigenvalue weighted by Gasteiger charge is 2.09. The van der Waals surface area contributed by atoms with Crippen molar-refractivity contribution in [1.82, 2.24) is 24.6 Å². The Labute approximate surface area is 110 Å². The fourth-order valence-electron chi connectivity index (χ4n) is 1.50. The number of fused-ring (bicyclic) bond motifs is 1. The second-order valence-electron chi connectivity index (χ2n) is 3.36. The van der Waals surface area contributed by atoms with Crippen molar-refractivity contribution >= 4 is 33.2 Å². The van der Waals surface area contributed by atoms with E-state index >= 15 is 0 Å². The summed E-state index contributed by atoms with van der Waals surface area (Å²) >= 11 is 9.15. The molecule has 0 aliphatic heterocycles. The van der Waals surface area contributed by atoms with Gasteiger partial charge in [-0.05, 0) is 22.0 Å². The summed E-state index contributed by atoms with van der Waals surface area (Å²) in [5, 5.41) is 8.52. The summed E-state index contributed by atoms with van der Waals surface area (Å²) in [6.07, 6.45) is 5.02. The SMILES string of the molecule is Clc1cc2nnc(-c3cncc(Br)c3)n2cn1. The minimum atomic E-state index is 0.392. The first kappa shape index (κ1) is 10.6. The van der Waals surface area contributed by atoms with Gasteiger partial charge in [-0.1, -0.05) is 11.6 Å². The molecule has 17 heavy (non-hydrogen) atoms. The van der Waals surface area contributed by atoms with E-state index in [0.717, 1.165) is 10.0 Å². The Morgan fingerprint density at radius 1 is 1.18 bits per heavy atom. The van der Waals surface area contributed by atoms with Crippen molar-refractivity contribution in [3.05, 3.63) is 40.5 Å². The second-order valence-corrected chi connectivity index (χ2v) is 4.66. The standard InChI is InChI=1S/C10H5BrClN5/c11-7-1-6(3-13-4-7)10-16-15-9-2-8(12)14-5-17(9)10/h1-5H. The summed E-state index contributed by atoms with van der Waals surface area (Å²) in [5.41, 5.74) is 1.51. The van der Waals surface area contributed by atoms with Crippen molar-refractivity contribution in [1.29, 1.82) is 0 Å². The number of nitrogens with zero attached hydrogens (tertiary/aromatic N) is 5. The maximum absolute atomic E-state index is 5.79. The van der Waals surface area contributed by atoms with Crippen LogP contribution in [0.25, 0.3) is 17.0 Å².